The molecule has 0 bridgehead atoms. The van der Waals surface area contributed by atoms with Gasteiger partial charge in [-0.25, -0.2) is 4.98 Å². The van der Waals surface area contributed by atoms with E-state index in [1.165, 1.54) is 31.2 Å². The number of carbonyl (C=O) groups excluding carboxylic acids is 8. The fraction of sp³-hybridized carbons (Fsp3) is 0.457. The number of rotatable bonds is 22. The molecular weight excluding hydrogens is 735 g/mol. The van der Waals surface area contributed by atoms with Crippen LogP contribution in [0.1, 0.15) is 38.4 Å². The highest BCUT2D eigenvalue weighted by Crippen LogP contribution is 2.19. The Morgan fingerprint density at radius 2 is 1.35 bits per heavy atom. The molecule has 8 amide bonds. The van der Waals surface area contributed by atoms with Gasteiger partial charge >= 0.3 is 0 Å². The number of nitrogens with one attached hydrogen (secondary N) is 9. The molecule has 0 radical (unpaired) electrons. The minimum absolute atomic E-state index is 0.0360. The Bertz CT molecular complexity index is 1810. The van der Waals surface area contributed by atoms with Crippen molar-refractivity contribution in [2.75, 3.05) is 31.6 Å². The predicted octanol–water partition coefficient (Wildman–Crippen LogP) is -2.12. The number of fused-ring (bicyclic) bond motifs is 1. The van der Waals surface area contributed by atoms with Gasteiger partial charge in [0.25, 0.3) is 0 Å². The van der Waals surface area contributed by atoms with Crippen LogP contribution in [0.4, 0.5) is 0 Å². The smallest absolute Gasteiger partial charge is 0.243 e. The average Bonchev–Trinajstić information content (AvgIpc) is 3.81. The fourth-order valence-electron chi connectivity index (χ4n) is 5.43. The van der Waals surface area contributed by atoms with E-state index in [0.29, 0.717) is 17.9 Å². The highest BCUT2D eigenvalue weighted by molar-refractivity contribution is 7.98. The van der Waals surface area contributed by atoms with E-state index in [-0.39, 0.29) is 12.8 Å². The minimum atomic E-state index is -1.19. The van der Waals surface area contributed by atoms with Crippen LogP contribution in [0, 0.1) is 5.92 Å². The number of thioether (sulfide) groups is 1. The number of H-pyrrole nitrogens is 2. The lowest BCUT2D eigenvalue weighted by Crippen LogP contribution is -2.56. The fourth-order valence-corrected chi connectivity index (χ4v) is 5.90. The summed E-state index contributed by atoms with van der Waals surface area (Å²) in [4.78, 5) is 111. The van der Waals surface area contributed by atoms with Crippen LogP contribution in [0.2, 0.25) is 0 Å². The molecule has 0 saturated heterocycles. The molecule has 55 heavy (non-hydrogen) atoms. The molecule has 20 heteroatoms. The van der Waals surface area contributed by atoms with Crippen LogP contribution < -0.4 is 43.0 Å². The summed E-state index contributed by atoms with van der Waals surface area (Å²) in [6.45, 7) is 3.07. The first-order valence-electron chi connectivity index (χ1n) is 17.5. The third-order valence-corrected chi connectivity index (χ3v) is 8.89. The van der Waals surface area contributed by atoms with Crippen molar-refractivity contribution in [1.82, 2.24) is 52.2 Å². The molecule has 0 aliphatic carbocycles. The predicted molar refractivity (Wildman–Crippen MR) is 204 cm³/mol. The number of para-hydroxylation sites is 1. The molecule has 3 aromatic rings. The van der Waals surface area contributed by atoms with E-state index in [9.17, 15) is 38.4 Å². The molecule has 0 aliphatic rings. The number of primary amides is 1. The van der Waals surface area contributed by atoms with Gasteiger partial charge in [0, 0.05) is 48.8 Å². The first kappa shape index (κ1) is 43.5. The van der Waals surface area contributed by atoms with E-state index < -0.39 is 97.0 Å². The molecule has 0 aliphatic heterocycles. The number of amides is 8. The molecule has 0 saturated carbocycles. The number of aromatic nitrogens is 3. The van der Waals surface area contributed by atoms with Crippen molar-refractivity contribution in [2.24, 2.45) is 11.7 Å². The van der Waals surface area contributed by atoms with Gasteiger partial charge in [0.05, 0.1) is 26.0 Å². The number of imidazole rings is 1. The highest BCUT2D eigenvalue weighted by atomic mass is 32.2. The van der Waals surface area contributed by atoms with Crippen molar-refractivity contribution in [3.05, 3.63) is 54.2 Å². The van der Waals surface area contributed by atoms with Crippen LogP contribution in [0.15, 0.2) is 43.0 Å². The van der Waals surface area contributed by atoms with Crippen LogP contribution in [-0.2, 0) is 51.2 Å². The monoisotopic (exact) mass is 783 g/mol. The summed E-state index contributed by atoms with van der Waals surface area (Å²) in [5.41, 5.74) is 7.52. The minimum Gasteiger partial charge on any atom is -0.368 e. The molecule has 2 aromatic heterocycles. The molecule has 298 valence electrons. The van der Waals surface area contributed by atoms with E-state index in [0.717, 1.165) is 16.5 Å². The van der Waals surface area contributed by atoms with Crippen molar-refractivity contribution in [2.45, 2.75) is 64.2 Å². The molecular formula is C35H49N11O8S. The molecule has 1 aromatic carbocycles. The first-order valence-corrected chi connectivity index (χ1v) is 18.9. The van der Waals surface area contributed by atoms with E-state index >= 15 is 0 Å². The summed E-state index contributed by atoms with van der Waals surface area (Å²) in [5, 5.41) is 18.4. The van der Waals surface area contributed by atoms with E-state index in [2.05, 4.69) is 52.2 Å². The van der Waals surface area contributed by atoms with Crippen LogP contribution >= 0.6 is 11.8 Å². The van der Waals surface area contributed by atoms with Gasteiger partial charge in [-0.2, -0.15) is 11.8 Å². The first-order chi connectivity index (χ1) is 26.2. The van der Waals surface area contributed by atoms with Gasteiger partial charge < -0.3 is 52.9 Å². The standard InChI is InChI=1S/C35H49N11O8S/c1-19(2)31(46-30(50)17-40-33(52)26(43-20(3)47)11-21-13-38-24-8-6-5-7-23(21)24)35(54)41-16-29(49)45-27(12-22-14-37-18-42-22)34(53)39-15-28(48)44-25(32(36)51)9-10-55-4/h5-8,13-14,18-19,25-27,31,38H,9-12,15-17H2,1-4H3,(H2,36,51)(H,37,42)(H,39,53)(H,40,52)(H,41,54)(H,43,47)(H,44,48)(H,45,49)(H,46,50)/t25-,26-,27-,31-/m0/s1. The largest absolute Gasteiger partial charge is 0.368 e. The molecule has 3 rings (SSSR count). The van der Waals surface area contributed by atoms with Gasteiger partial charge in [0.1, 0.15) is 24.2 Å². The third-order valence-electron chi connectivity index (χ3n) is 8.25. The maximum atomic E-state index is 13.1. The number of hydrogen-bond donors (Lipinski definition) is 10. The van der Waals surface area contributed by atoms with Gasteiger partial charge in [-0.05, 0) is 36.0 Å². The lowest BCUT2D eigenvalue weighted by molar-refractivity contribution is -0.133. The molecule has 0 unspecified atom stereocenters. The Labute approximate surface area is 321 Å². The zero-order valence-electron chi connectivity index (χ0n) is 31.1. The zero-order chi connectivity index (χ0) is 40.5. The summed E-state index contributed by atoms with van der Waals surface area (Å²) in [5.74, 6) is -5.11. The normalized spacial score (nSPS) is 13.1. The molecule has 19 nitrogen and oxygen atoms in total. The van der Waals surface area contributed by atoms with Gasteiger partial charge in [-0.3, -0.25) is 38.4 Å². The molecule has 0 fully saturated rings. The van der Waals surface area contributed by atoms with Gasteiger partial charge in [0.15, 0.2) is 0 Å². The second kappa shape index (κ2) is 21.7. The number of aromatic amines is 2. The Balaban J connectivity index is 1.53. The Kier molecular flexibility index (Phi) is 17.2. The lowest BCUT2D eigenvalue weighted by Gasteiger charge is -2.23. The van der Waals surface area contributed by atoms with Crippen LogP contribution in [0.5, 0.6) is 0 Å². The second-order valence-electron chi connectivity index (χ2n) is 13.0. The third kappa shape index (κ3) is 14.4. The summed E-state index contributed by atoms with van der Waals surface area (Å²) in [7, 11) is 0. The number of nitrogens with zero attached hydrogens (tertiary/aromatic N) is 1. The van der Waals surface area contributed by atoms with E-state index in [1.807, 2.05) is 30.5 Å². The Morgan fingerprint density at radius 3 is 1.91 bits per heavy atom. The molecule has 0 spiro atoms. The number of benzene rings is 1. The highest BCUT2D eigenvalue weighted by Gasteiger charge is 2.28. The second-order valence-corrected chi connectivity index (χ2v) is 13.9. The summed E-state index contributed by atoms with van der Waals surface area (Å²) in [6, 6.07) is 3.30. The number of carbonyl (C=O) groups is 8. The van der Waals surface area contributed by atoms with Crippen molar-refractivity contribution < 1.29 is 38.4 Å². The lowest BCUT2D eigenvalue weighted by atomic mass is 10.0. The van der Waals surface area contributed by atoms with Crippen molar-refractivity contribution in [1.29, 1.82) is 0 Å². The number of nitrogens with two attached hydrogens (primary N) is 1. The van der Waals surface area contributed by atoms with E-state index in [1.54, 1.807) is 20.0 Å². The zero-order valence-corrected chi connectivity index (χ0v) is 31.9. The Hall–Kier alpha value is -5.92. The SMILES string of the molecule is CSCC[C@H](NC(=O)CNC(=O)[C@H](Cc1cnc[nH]1)NC(=O)CNC(=O)[C@@H](NC(=O)CNC(=O)[C@H](Cc1c[nH]c2ccccc12)NC(C)=O)C(C)C)C(N)=O. The topological polar surface area (TPSA) is 291 Å². The van der Waals surface area contributed by atoms with Crippen molar-refractivity contribution in [3.8, 4) is 0 Å². The number of hydrogen-bond acceptors (Lipinski definition) is 10. The van der Waals surface area contributed by atoms with E-state index in [4.69, 9.17) is 5.73 Å². The summed E-state index contributed by atoms with van der Waals surface area (Å²) >= 11 is 1.47. The van der Waals surface area contributed by atoms with Crippen LogP contribution in [0.25, 0.3) is 10.9 Å². The van der Waals surface area contributed by atoms with Gasteiger partial charge in [0.2, 0.25) is 47.3 Å². The van der Waals surface area contributed by atoms with Crippen LogP contribution in [-0.4, -0.2) is 118 Å². The average molecular weight is 784 g/mol. The molecule has 2 heterocycles. The Morgan fingerprint density at radius 1 is 0.764 bits per heavy atom. The van der Waals surface area contributed by atoms with Crippen molar-refractivity contribution in [3.63, 3.8) is 0 Å². The maximum absolute atomic E-state index is 13.1. The van der Waals surface area contributed by atoms with Gasteiger partial charge in [-0.1, -0.05) is 32.0 Å². The molecule has 11 N–H and O–H groups in total. The van der Waals surface area contributed by atoms with Crippen LogP contribution in [0.3, 0.4) is 0 Å². The van der Waals surface area contributed by atoms with Gasteiger partial charge in [-0.15, -0.1) is 0 Å². The maximum Gasteiger partial charge on any atom is 0.243 e. The summed E-state index contributed by atoms with van der Waals surface area (Å²) in [6.07, 6.45) is 6.86. The quantitative estimate of drug-likeness (QED) is 0.0529. The summed E-state index contributed by atoms with van der Waals surface area (Å²) < 4.78 is 0. The molecule has 4 atom stereocenters. The van der Waals surface area contributed by atoms with Crippen molar-refractivity contribution >= 4 is 69.9 Å².